The average molecular weight is 231 g/mol. The Hall–Kier alpha value is -0.910. The molecule has 2 N–H and O–H groups in total. The summed E-state index contributed by atoms with van der Waals surface area (Å²) in [6, 6.07) is 0. The Labute approximate surface area is 96.4 Å². The molecule has 0 aliphatic heterocycles. The van der Waals surface area contributed by atoms with E-state index in [1.807, 2.05) is 0 Å². The van der Waals surface area contributed by atoms with Gasteiger partial charge in [-0.25, -0.2) is 4.79 Å². The fourth-order valence-electron chi connectivity index (χ4n) is 1.05. The number of carbonyl (C=O) groups excluding carboxylic acids is 1. The van der Waals surface area contributed by atoms with Gasteiger partial charge in [-0.05, 0) is 19.9 Å². The van der Waals surface area contributed by atoms with E-state index in [0.717, 1.165) is 18.9 Å². The van der Waals surface area contributed by atoms with E-state index in [0.29, 0.717) is 26.4 Å². The lowest BCUT2D eigenvalue weighted by Gasteiger charge is -2.10. The molecule has 0 aliphatic rings. The maximum atomic E-state index is 10.7. The van der Waals surface area contributed by atoms with Crippen molar-refractivity contribution in [3.05, 3.63) is 12.7 Å². The first kappa shape index (κ1) is 15.1. The molecule has 94 valence electrons. The lowest BCUT2D eigenvalue weighted by Crippen LogP contribution is -2.28. The van der Waals surface area contributed by atoms with E-state index in [9.17, 15) is 9.90 Å². The summed E-state index contributed by atoms with van der Waals surface area (Å²) in [4.78, 5) is 10.7. The second-order valence-electron chi connectivity index (χ2n) is 3.37. The third-order valence-electron chi connectivity index (χ3n) is 1.84. The molecule has 0 radical (unpaired) electrons. The molecule has 0 bridgehead atoms. The molecule has 0 aromatic rings. The minimum Gasteiger partial charge on any atom is -0.463 e. The van der Waals surface area contributed by atoms with Gasteiger partial charge in [0, 0.05) is 19.2 Å². The first-order valence-corrected chi connectivity index (χ1v) is 5.40. The molecule has 0 spiro atoms. The standard InChI is InChI=1S/C11H21NO4/c1-3-11(14)16-7-5-4-6-15-9-10(13)8-12-2/h3,10,12-13H,1,4-9H2,2H3. The molecule has 0 rings (SSSR count). The number of esters is 1. The Kier molecular flexibility index (Phi) is 10.00. The van der Waals surface area contributed by atoms with E-state index in [-0.39, 0.29) is 0 Å². The maximum absolute atomic E-state index is 10.7. The first-order chi connectivity index (χ1) is 7.70. The van der Waals surface area contributed by atoms with Gasteiger partial charge < -0.3 is 19.9 Å². The van der Waals surface area contributed by atoms with Crippen molar-refractivity contribution in [2.45, 2.75) is 18.9 Å². The zero-order valence-corrected chi connectivity index (χ0v) is 9.78. The highest BCUT2D eigenvalue weighted by Gasteiger charge is 2.01. The maximum Gasteiger partial charge on any atom is 0.330 e. The number of ether oxygens (including phenoxy) is 2. The highest BCUT2D eigenvalue weighted by molar-refractivity contribution is 5.81. The number of nitrogens with one attached hydrogen (secondary N) is 1. The third-order valence-corrected chi connectivity index (χ3v) is 1.84. The highest BCUT2D eigenvalue weighted by Crippen LogP contribution is 1.93. The van der Waals surface area contributed by atoms with E-state index in [1.54, 1.807) is 7.05 Å². The second-order valence-corrected chi connectivity index (χ2v) is 3.37. The van der Waals surface area contributed by atoms with Gasteiger partial charge in [-0.2, -0.15) is 0 Å². The Morgan fingerprint density at radius 2 is 2.19 bits per heavy atom. The Balaban J connectivity index is 3.15. The van der Waals surface area contributed by atoms with Crippen LogP contribution in [-0.4, -0.2) is 50.6 Å². The second kappa shape index (κ2) is 10.6. The number of aliphatic hydroxyl groups is 1. The van der Waals surface area contributed by atoms with Gasteiger partial charge in [-0.15, -0.1) is 0 Å². The number of hydrogen-bond acceptors (Lipinski definition) is 5. The van der Waals surface area contributed by atoms with E-state index < -0.39 is 12.1 Å². The van der Waals surface area contributed by atoms with Crippen molar-refractivity contribution in [2.75, 3.05) is 33.4 Å². The van der Waals surface area contributed by atoms with Gasteiger partial charge in [0.1, 0.15) is 0 Å². The van der Waals surface area contributed by atoms with Crippen LogP contribution >= 0.6 is 0 Å². The molecular formula is C11H21NO4. The normalized spacial score (nSPS) is 12.1. The Morgan fingerprint density at radius 3 is 2.81 bits per heavy atom. The molecule has 1 atom stereocenters. The van der Waals surface area contributed by atoms with Crippen LogP contribution in [0.3, 0.4) is 0 Å². The first-order valence-electron chi connectivity index (χ1n) is 5.40. The zero-order chi connectivity index (χ0) is 12.2. The summed E-state index contributed by atoms with van der Waals surface area (Å²) in [7, 11) is 1.77. The van der Waals surface area contributed by atoms with Gasteiger partial charge in [0.2, 0.25) is 0 Å². The molecule has 5 nitrogen and oxygen atoms in total. The summed E-state index contributed by atoms with van der Waals surface area (Å²) < 4.78 is 10.0. The quantitative estimate of drug-likeness (QED) is 0.317. The molecule has 0 aromatic heterocycles. The summed E-state index contributed by atoms with van der Waals surface area (Å²) in [6.07, 6.45) is 2.23. The van der Waals surface area contributed by atoms with Gasteiger partial charge in [-0.3, -0.25) is 0 Å². The van der Waals surface area contributed by atoms with E-state index in [2.05, 4.69) is 11.9 Å². The number of unbranched alkanes of at least 4 members (excludes halogenated alkanes) is 1. The van der Waals surface area contributed by atoms with Crippen LogP contribution in [0.4, 0.5) is 0 Å². The number of rotatable bonds is 10. The van der Waals surface area contributed by atoms with Crippen LogP contribution in [0.5, 0.6) is 0 Å². The third kappa shape index (κ3) is 9.64. The van der Waals surface area contributed by atoms with Crippen LogP contribution < -0.4 is 5.32 Å². The smallest absolute Gasteiger partial charge is 0.330 e. The van der Waals surface area contributed by atoms with Crippen LogP contribution in [0.15, 0.2) is 12.7 Å². The summed E-state index contributed by atoms with van der Waals surface area (Å²) in [6.45, 7) is 5.09. The molecule has 0 aliphatic carbocycles. The minimum absolute atomic E-state index is 0.327. The van der Waals surface area contributed by atoms with Crippen molar-refractivity contribution < 1.29 is 19.4 Å². The fraction of sp³-hybridized carbons (Fsp3) is 0.727. The number of carbonyl (C=O) groups is 1. The number of aliphatic hydroxyl groups excluding tert-OH is 1. The molecule has 0 saturated heterocycles. The van der Waals surface area contributed by atoms with E-state index in [1.165, 1.54) is 0 Å². The number of hydrogen-bond donors (Lipinski definition) is 2. The van der Waals surface area contributed by atoms with Crippen LogP contribution in [0.1, 0.15) is 12.8 Å². The van der Waals surface area contributed by atoms with Crippen molar-refractivity contribution in [2.24, 2.45) is 0 Å². The summed E-state index contributed by atoms with van der Waals surface area (Å²) in [5, 5.41) is 12.1. The molecule has 0 saturated carbocycles. The topological polar surface area (TPSA) is 67.8 Å². The molecule has 1 unspecified atom stereocenters. The zero-order valence-electron chi connectivity index (χ0n) is 9.78. The summed E-state index contributed by atoms with van der Waals surface area (Å²) in [5.74, 6) is -0.398. The van der Waals surface area contributed by atoms with Crippen molar-refractivity contribution in [3.63, 3.8) is 0 Å². The minimum atomic E-state index is -0.469. The predicted octanol–water partition coefficient (Wildman–Crippen LogP) is 0.0927. The van der Waals surface area contributed by atoms with Crippen LogP contribution in [-0.2, 0) is 14.3 Å². The fourth-order valence-corrected chi connectivity index (χ4v) is 1.05. The SMILES string of the molecule is C=CC(=O)OCCCCOCC(O)CNC. The largest absolute Gasteiger partial charge is 0.463 e. The molecular weight excluding hydrogens is 210 g/mol. The van der Waals surface area contributed by atoms with Crippen molar-refractivity contribution >= 4 is 5.97 Å². The molecule has 0 aromatic carbocycles. The molecule has 0 fully saturated rings. The average Bonchev–Trinajstić information content (AvgIpc) is 2.27. The van der Waals surface area contributed by atoms with Gasteiger partial charge in [0.05, 0.1) is 19.3 Å². The Morgan fingerprint density at radius 1 is 1.50 bits per heavy atom. The monoisotopic (exact) mass is 231 g/mol. The molecule has 0 heterocycles. The molecule has 5 heteroatoms. The van der Waals surface area contributed by atoms with Crippen molar-refractivity contribution in [1.82, 2.24) is 5.32 Å². The predicted molar refractivity (Wildman–Crippen MR) is 61.1 cm³/mol. The van der Waals surface area contributed by atoms with Crippen molar-refractivity contribution in [1.29, 1.82) is 0 Å². The van der Waals surface area contributed by atoms with E-state index >= 15 is 0 Å². The molecule has 16 heavy (non-hydrogen) atoms. The van der Waals surface area contributed by atoms with Crippen LogP contribution in [0, 0.1) is 0 Å². The van der Waals surface area contributed by atoms with Crippen molar-refractivity contribution in [3.8, 4) is 0 Å². The van der Waals surface area contributed by atoms with Gasteiger partial charge in [0.25, 0.3) is 0 Å². The van der Waals surface area contributed by atoms with Gasteiger partial charge >= 0.3 is 5.97 Å². The molecule has 0 amide bonds. The lowest BCUT2D eigenvalue weighted by molar-refractivity contribution is -0.137. The van der Waals surface area contributed by atoms with Crippen LogP contribution in [0.2, 0.25) is 0 Å². The van der Waals surface area contributed by atoms with Gasteiger partial charge in [0.15, 0.2) is 0 Å². The Bertz CT molecular complexity index is 196. The summed E-state index contributed by atoms with van der Waals surface area (Å²) in [5.41, 5.74) is 0. The van der Waals surface area contributed by atoms with Gasteiger partial charge in [-0.1, -0.05) is 6.58 Å². The highest BCUT2D eigenvalue weighted by atomic mass is 16.5. The lowest BCUT2D eigenvalue weighted by atomic mass is 10.3. The van der Waals surface area contributed by atoms with Crippen LogP contribution in [0.25, 0.3) is 0 Å². The summed E-state index contributed by atoms with van der Waals surface area (Å²) >= 11 is 0. The number of likely N-dealkylation sites (N-methyl/N-ethyl adjacent to an activating group) is 1. The van der Waals surface area contributed by atoms with E-state index in [4.69, 9.17) is 9.47 Å².